The minimum absolute atomic E-state index is 0.289. The van der Waals surface area contributed by atoms with E-state index in [4.69, 9.17) is 0 Å². The lowest BCUT2D eigenvalue weighted by atomic mass is 11.8. The molecule has 0 aromatic heterocycles. The Hall–Kier alpha value is 2.81. The van der Waals surface area contributed by atoms with Gasteiger partial charge in [0.15, 0.2) is 0 Å². The second-order valence-corrected chi connectivity index (χ2v) is 104. The molecule has 0 unspecified atom stereocenters. The predicted molar refractivity (Wildman–Crippen MR) is 172 cm³/mol. The first kappa shape index (κ1) is 31.8. The number of hydrogen-bond donors (Lipinski definition) is 0. The average molecular weight is 575 g/mol. The first-order chi connectivity index (χ1) is 12.1. The summed E-state index contributed by atoms with van der Waals surface area (Å²) in [6, 6.07) is 0. The summed E-state index contributed by atoms with van der Waals surface area (Å²) >= 11 is 0. The molecule has 0 atom stereocenters. The smallest absolute Gasteiger partial charge is 0.0867 e. The van der Waals surface area contributed by atoms with Crippen molar-refractivity contribution in [2.24, 2.45) is 0 Å². The van der Waals surface area contributed by atoms with Crippen LogP contribution in [0.3, 0.4) is 0 Å². The van der Waals surface area contributed by atoms with Crippen LogP contribution in [0.5, 0.6) is 0 Å². The lowest BCUT2D eigenvalue weighted by molar-refractivity contribution is 1.83. The molecule has 0 spiro atoms. The maximum Gasteiger partial charge on any atom is 0.0867 e. The van der Waals surface area contributed by atoms with Crippen molar-refractivity contribution in [3.63, 3.8) is 0 Å². The summed E-state index contributed by atoms with van der Waals surface area (Å²) in [5, 5.41) is 0. The minimum Gasteiger partial charge on any atom is -0.136 e. The van der Waals surface area contributed by atoms with Crippen molar-refractivity contribution < 1.29 is 0 Å². The summed E-state index contributed by atoms with van der Waals surface area (Å²) in [4.78, 5) is 0. The first-order valence-electron chi connectivity index (χ1n) is 11.5. The molecule has 0 N–H and O–H groups in total. The van der Waals surface area contributed by atoms with Crippen LogP contribution >= 0.6 is 19.7 Å². The van der Waals surface area contributed by atoms with Crippen molar-refractivity contribution in [3.8, 4) is 0 Å². The summed E-state index contributed by atoms with van der Waals surface area (Å²) in [6.07, 6.45) is 0. The van der Waals surface area contributed by atoms with E-state index in [1.807, 2.05) is 0 Å². The van der Waals surface area contributed by atoms with Crippen LogP contribution < -0.4 is 0 Å². The molecule has 0 radical (unpaired) electrons. The highest BCUT2D eigenvalue weighted by Crippen LogP contribution is 2.82. The molecule has 0 heterocycles. The van der Waals surface area contributed by atoms with Crippen molar-refractivity contribution in [2.75, 3.05) is 0 Å². The largest absolute Gasteiger partial charge is 0.136 e. The van der Waals surface area contributed by atoms with Crippen LogP contribution in [0.15, 0.2) is 0 Å². The van der Waals surface area contributed by atoms with Gasteiger partial charge in [-0.3, -0.25) is 0 Å². The lowest BCUT2D eigenvalue weighted by Gasteiger charge is -2.63. The molecule has 0 aromatic carbocycles. The van der Waals surface area contributed by atoms with Gasteiger partial charge >= 0.3 is 0 Å². The quantitative estimate of drug-likeness (QED) is 0.190. The second-order valence-electron chi connectivity index (χ2n) is 14.8. The molecule has 0 amide bonds. The topological polar surface area (TPSA) is 0 Å². The fourth-order valence-corrected chi connectivity index (χ4v) is 318. The lowest BCUT2D eigenvalue weighted by Crippen LogP contribution is -2.55. The van der Waals surface area contributed by atoms with Gasteiger partial charge in [-0.25, -0.2) is 0 Å². The SMILES string of the molecule is C[Si](C)(C)P([Si](C)(C)C)[Si](C)(C)P([Si](C)(C)C)[Si](C)(C)P([Si](C)(C)C)[Si](C)(C)C. The summed E-state index contributed by atoms with van der Waals surface area (Å²) in [6.45, 7) is 54.3. The van der Waals surface area contributed by atoms with Crippen LogP contribution in [0.4, 0.5) is 0 Å². The van der Waals surface area contributed by atoms with Gasteiger partial charge in [-0.15, -0.1) is 19.7 Å². The Morgan fingerprint density at radius 3 is 0.483 bits per heavy atom. The van der Waals surface area contributed by atoms with Crippen LogP contribution in [0.1, 0.15) is 0 Å². The third-order valence-electron chi connectivity index (χ3n) is 5.54. The summed E-state index contributed by atoms with van der Waals surface area (Å²) in [5.74, 6) is 0. The zero-order chi connectivity index (χ0) is 24.2. The van der Waals surface area contributed by atoms with Gasteiger partial charge in [0, 0.05) is 0 Å². The molecule has 0 nitrogen and oxygen atoms in total. The van der Waals surface area contributed by atoms with Crippen molar-refractivity contribution in [1.29, 1.82) is 0 Å². The third-order valence-corrected chi connectivity index (χ3v) is 171. The Morgan fingerprint density at radius 2 is 0.379 bits per heavy atom. The molecular formula is C19H57P3Si7. The third kappa shape index (κ3) is 7.92. The summed E-state index contributed by atoms with van der Waals surface area (Å²) in [7, 11) is -8.27. The van der Waals surface area contributed by atoms with Gasteiger partial charge in [0.25, 0.3) is 0 Å². The molecular weight excluding hydrogens is 518 g/mol. The predicted octanol–water partition coefficient (Wildman–Crippen LogP) is 11.0. The van der Waals surface area contributed by atoms with E-state index in [9.17, 15) is 0 Å². The van der Waals surface area contributed by atoms with Crippen molar-refractivity contribution in [1.82, 2.24) is 0 Å². The van der Waals surface area contributed by atoms with Crippen molar-refractivity contribution in [3.05, 3.63) is 0 Å². The molecule has 176 valence electrons. The Morgan fingerprint density at radius 1 is 0.241 bits per heavy atom. The highest BCUT2D eigenvalue weighted by Gasteiger charge is 2.61. The van der Waals surface area contributed by atoms with Crippen LogP contribution in [-0.4, -0.2) is 53.5 Å². The maximum absolute atomic E-state index is 2.97. The van der Waals surface area contributed by atoms with Crippen LogP contribution in [-0.2, 0) is 0 Å². The van der Waals surface area contributed by atoms with Crippen molar-refractivity contribution in [2.45, 2.75) is 124 Å². The van der Waals surface area contributed by atoms with E-state index in [1.165, 1.54) is 0 Å². The van der Waals surface area contributed by atoms with Crippen LogP contribution in [0.2, 0.25) is 124 Å². The monoisotopic (exact) mass is 574 g/mol. The molecule has 0 rings (SSSR count). The molecule has 0 aliphatic carbocycles. The Kier molecular flexibility index (Phi) is 10.4. The Balaban J connectivity index is 7.08. The fourth-order valence-electron chi connectivity index (χ4n) is 7.81. The summed E-state index contributed by atoms with van der Waals surface area (Å²) < 4.78 is 0. The van der Waals surface area contributed by atoms with Gasteiger partial charge in [-0.1, -0.05) is 124 Å². The van der Waals surface area contributed by atoms with E-state index in [1.54, 1.807) is 0 Å². The normalized spacial score (nSPS) is 16.3. The molecule has 10 heteroatoms. The molecule has 0 aromatic rings. The Bertz CT molecular complexity index is 487. The van der Waals surface area contributed by atoms with Gasteiger partial charge in [-0.05, 0) is 0 Å². The highest BCUT2D eigenvalue weighted by atomic mass is 32.1. The molecule has 0 saturated carbocycles. The molecule has 29 heavy (non-hydrogen) atoms. The standard InChI is InChI=1S/C19H57P3Si7/c1-23(2,3)20(24(4,5)6)28(16,17)22(27(13,14)15)29(18,19)21(25(7,8)9)26(10,11)12/h1-19H3. The average Bonchev–Trinajstić information content (AvgIpc) is 2.11. The molecule has 0 fully saturated rings. The molecule has 0 aliphatic heterocycles. The maximum atomic E-state index is 2.97. The fraction of sp³-hybridized carbons (Fsp3) is 1.00. The van der Waals surface area contributed by atoms with Gasteiger partial charge in [0.2, 0.25) is 0 Å². The van der Waals surface area contributed by atoms with Crippen molar-refractivity contribution >= 4 is 73.2 Å². The molecule has 0 aliphatic rings. The van der Waals surface area contributed by atoms with Gasteiger partial charge < -0.3 is 0 Å². The van der Waals surface area contributed by atoms with E-state index in [0.717, 1.165) is 0 Å². The zero-order valence-electron chi connectivity index (χ0n) is 23.8. The molecule has 0 saturated heterocycles. The first-order valence-corrected chi connectivity index (χ1v) is 46.6. The van der Waals surface area contributed by atoms with E-state index in [-0.39, 0.29) is 6.57 Å². The van der Waals surface area contributed by atoms with E-state index in [2.05, 4.69) is 124 Å². The van der Waals surface area contributed by atoms with Gasteiger partial charge in [-0.2, -0.15) is 0 Å². The van der Waals surface area contributed by atoms with E-state index in [0.29, 0.717) is 13.1 Å². The summed E-state index contributed by atoms with van der Waals surface area (Å²) in [5.41, 5.74) is 0. The number of rotatable bonds is 9. The minimum atomic E-state index is -1.29. The Labute approximate surface area is 196 Å². The second kappa shape index (κ2) is 9.45. The van der Waals surface area contributed by atoms with Gasteiger partial charge in [0.05, 0.1) is 53.5 Å². The van der Waals surface area contributed by atoms with Gasteiger partial charge in [0.1, 0.15) is 0 Å². The van der Waals surface area contributed by atoms with Crippen LogP contribution in [0, 0.1) is 0 Å². The highest BCUT2D eigenvalue weighted by molar-refractivity contribution is 8.68. The number of hydrogen-bond acceptors (Lipinski definition) is 0. The van der Waals surface area contributed by atoms with E-state index >= 15 is 0 Å². The molecule has 0 bridgehead atoms. The van der Waals surface area contributed by atoms with Crippen LogP contribution in [0.25, 0.3) is 0 Å². The van der Waals surface area contributed by atoms with E-state index < -0.39 is 53.5 Å². The zero-order valence-corrected chi connectivity index (χ0v) is 33.5.